The molecule has 0 unspecified atom stereocenters. The van der Waals surface area contributed by atoms with Crippen LogP contribution >= 0.6 is 22.9 Å². The number of anilines is 1. The molecular weight excluding hydrogens is 290 g/mol. The standard InChI is InChI=1S/C16H16ClNOS/c17-10-11-5-7-13(8-6-11)18-16(19)15-9-12-3-1-2-4-14(12)20-15/h5-9H,1-4,10H2,(H,18,19). The topological polar surface area (TPSA) is 29.1 Å². The number of fused-ring (bicyclic) bond motifs is 1. The SMILES string of the molecule is O=C(Nc1ccc(CCl)cc1)c1cc2c(s1)CCCC2. The predicted molar refractivity (Wildman–Crippen MR) is 84.9 cm³/mol. The summed E-state index contributed by atoms with van der Waals surface area (Å²) in [6.45, 7) is 0. The molecule has 1 aromatic heterocycles. The fourth-order valence-electron chi connectivity index (χ4n) is 2.47. The maximum atomic E-state index is 12.3. The molecule has 20 heavy (non-hydrogen) atoms. The summed E-state index contributed by atoms with van der Waals surface area (Å²) in [4.78, 5) is 14.5. The van der Waals surface area contributed by atoms with E-state index in [9.17, 15) is 4.79 Å². The molecule has 1 aromatic carbocycles. The van der Waals surface area contributed by atoms with Crippen molar-refractivity contribution in [1.29, 1.82) is 0 Å². The monoisotopic (exact) mass is 305 g/mol. The molecule has 1 aliphatic carbocycles. The molecule has 1 aliphatic rings. The zero-order chi connectivity index (χ0) is 13.9. The Balaban J connectivity index is 1.73. The Morgan fingerprint density at radius 3 is 2.65 bits per heavy atom. The molecule has 1 amide bonds. The van der Waals surface area contributed by atoms with Crippen molar-refractivity contribution < 1.29 is 4.79 Å². The third-order valence-corrected chi connectivity index (χ3v) is 5.13. The third kappa shape index (κ3) is 2.89. The van der Waals surface area contributed by atoms with E-state index in [1.807, 2.05) is 24.3 Å². The normalized spacial score (nSPS) is 13.8. The minimum atomic E-state index is -0.0111. The van der Waals surface area contributed by atoms with Crippen LogP contribution in [0, 0.1) is 0 Å². The Kier molecular flexibility index (Phi) is 4.08. The molecule has 0 saturated heterocycles. The van der Waals surface area contributed by atoms with Crippen molar-refractivity contribution in [1.82, 2.24) is 0 Å². The molecule has 0 bridgehead atoms. The molecule has 2 nitrogen and oxygen atoms in total. The predicted octanol–water partition coefficient (Wildman–Crippen LogP) is 4.62. The van der Waals surface area contributed by atoms with E-state index in [2.05, 4.69) is 11.4 Å². The van der Waals surface area contributed by atoms with Crippen LogP contribution in [-0.4, -0.2) is 5.91 Å². The number of benzene rings is 1. The molecule has 1 N–H and O–H groups in total. The van der Waals surface area contributed by atoms with Gasteiger partial charge in [0.25, 0.3) is 5.91 Å². The van der Waals surface area contributed by atoms with Gasteiger partial charge in [-0.2, -0.15) is 0 Å². The van der Waals surface area contributed by atoms with E-state index >= 15 is 0 Å². The van der Waals surface area contributed by atoms with Crippen LogP contribution in [-0.2, 0) is 18.7 Å². The zero-order valence-corrected chi connectivity index (χ0v) is 12.7. The molecule has 0 atom stereocenters. The number of thiophene rings is 1. The van der Waals surface area contributed by atoms with E-state index < -0.39 is 0 Å². The van der Waals surface area contributed by atoms with Crippen LogP contribution in [0.25, 0.3) is 0 Å². The van der Waals surface area contributed by atoms with Gasteiger partial charge in [0, 0.05) is 16.4 Å². The van der Waals surface area contributed by atoms with Crippen LogP contribution in [0.15, 0.2) is 30.3 Å². The summed E-state index contributed by atoms with van der Waals surface area (Å²) in [5.74, 6) is 0.481. The molecule has 1 heterocycles. The number of rotatable bonds is 3. The van der Waals surface area contributed by atoms with Gasteiger partial charge in [0.2, 0.25) is 0 Å². The number of hydrogen-bond donors (Lipinski definition) is 1. The third-order valence-electron chi connectivity index (χ3n) is 3.59. The minimum absolute atomic E-state index is 0.0111. The number of amides is 1. The van der Waals surface area contributed by atoms with Crippen molar-refractivity contribution in [2.24, 2.45) is 0 Å². The highest BCUT2D eigenvalue weighted by Gasteiger charge is 2.17. The lowest BCUT2D eigenvalue weighted by molar-refractivity contribution is 0.103. The van der Waals surface area contributed by atoms with Gasteiger partial charge in [0.05, 0.1) is 4.88 Å². The van der Waals surface area contributed by atoms with E-state index in [0.29, 0.717) is 5.88 Å². The summed E-state index contributed by atoms with van der Waals surface area (Å²) in [5, 5.41) is 2.95. The van der Waals surface area contributed by atoms with Crippen LogP contribution in [0.3, 0.4) is 0 Å². The average molecular weight is 306 g/mol. The molecular formula is C16H16ClNOS. The van der Waals surface area contributed by atoms with E-state index in [1.165, 1.54) is 23.3 Å². The van der Waals surface area contributed by atoms with Crippen molar-refractivity contribution in [3.05, 3.63) is 51.2 Å². The molecule has 104 valence electrons. The molecule has 0 spiro atoms. The van der Waals surface area contributed by atoms with Gasteiger partial charge in [0.1, 0.15) is 0 Å². The van der Waals surface area contributed by atoms with Crippen molar-refractivity contribution in [3.8, 4) is 0 Å². The van der Waals surface area contributed by atoms with Gasteiger partial charge in [-0.1, -0.05) is 12.1 Å². The number of halogens is 1. The molecule has 0 radical (unpaired) electrons. The summed E-state index contributed by atoms with van der Waals surface area (Å²) < 4.78 is 0. The Morgan fingerprint density at radius 2 is 1.95 bits per heavy atom. The molecule has 0 fully saturated rings. The summed E-state index contributed by atoms with van der Waals surface area (Å²) in [6, 6.07) is 9.71. The zero-order valence-electron chi connectivity index (χ0n) is 11.1. The maximum Gasteiger partial charge on any atom is 0.265 e. The number of nitrogens with one attached hydrogen (secondary N) is 1. The van der Waals surface area contributed by atoms with Gasteiger partial charge >= 0.3 is 0 Å². The lowest BCUT2D eigenvalue weighted by Crippen LogP contribution is -2.10. The highest BCUT2D eigenvalue weighted by molar-refractivity contribution is 7.14. The van der Waals surface area contributed by atoms with Crippen molar-refractivity contribution >= 4 is 34.5 Å². The molecule has 3 rings (SSSR count). The number of carbonyl (C=O) groups excluding carboxylic acids is 1. The molecule has 0 aliphatic heterocycles. The molecule has 2 aromatic rings. The summed E-state index contributed by atoms with van der Waals surface area (Å²) in [6.07, 6.45) is 4.72. The van der Waals surface area contributed by atoms with Gasteiger partial charge in [-0.3, -0.25) is 4.79 Å². The second kappa shape index (κ2) is 5.98. The largest absolute Gasteiger partial charge is 0.321 e. The second-order valence-corrected chi connectivity index (χ2v) is 6.45. The first-order valence-corrected chi connectivity index (χ1v) is 8.19. The van der Waals surface area contributed by atoms with Crippen molar-refractivity contribution in [2.75, 3.05) is 5.32 Å². The van der Waals surface area contributed by atoms with Crippen LogP contribution in [0.4, 0.5) is 5.69 Å². The first kappa shape index (κ1) is 13.7. The first-order valence-electron chi connectivity index (χ1n) is 6.84. The summed E-state index contributed by atoms with van der Waals surface area (Å²) in [5.41, 5.74) is 3.23. The number of alkyl halides is 1. The average Bonchev–Trinajstić information content (AvgIpc) is 2.92. The summed E-state index contributed by atoms with van der Waals surface area (Å²) >= 11 is 7.39. The van der Waals surface area contributed by atoms with E-state index in [-0.39, 0.29) is 5.91 Å². The Morgan fingerprint density at radius 1 is 1.20 bits per heavy atom. The van der Waals surface area contributed by atoms with Gasteiger partial charge in [-0.25, -0.2) is 0 Å². The van der Waals surface area contributed by atoms with Crippen LogP contribution in [0.2, 0.25) is 0 Å². The lowest BCUT2D eigenvalue weighted by Gasteiger charge is -2.08. The van der Waals surface area contributed by atoms with Gasteiger partial charge in [-0.15, -0.1) is 22.9 Å². The van der Waals surface area contributed by atoms with Crippen molar-refractivity contribution in [3.63, 3.8) is 0 Å². The minimum Gasteiger partial charge on any atom is -0.321 e. The Hall–Kier alpha value is -1.32. The van der Waals surface area contributed by atoms with Crippen LogP contribution in [0.1, 0.15) is 38.5 Å². The number of aryl methyl sites for hydroxylation is 2. The van der Waals surface area contributed by atoms with Gasteiger partial charge in [-0.05, 0) is 55.0 Å². The van der Waals surface area contributed by atoms with Crippen LogP contribution in [0.5, 0.6) is 0 Å². The fraction of sp³-hybridized carbons (Fsp3) is 0.312. The second-order valence-electron chi connectivity index (χ2n) is 5.05. The van der Waals surface area contributed by atoms with E-state index in [1.54, 1.807) is 11.3 Å². The Labute approximate surface area is 127 Å². The van der Waals surface area contributed by atoms with Gasteiger partial charge in [0.15, 0.2) is 0 Å². The van der Waals surface area contributed by atoms with E-state index in [4.69, 9.17) is 11.6 Å². The van der Waals surface area contributed by atoms with Crippen LogP contribution < -0.4 is 5.32 Å². The number of hydrogen-bond acceptors (Lipinski definition) is 2. The quantitative estimate of drug-likeness (QED) is 0.824. The van der Waals surface area contributed by atoms with E-state index in [0.717, 1.165) is 29.0 Å². The Bertz CT molecular complexity index is 594. The van der Waals surface area contributed by atoms with Crippen molar-refractivity contribution in [2.45, 2.75) is 31.6 Å². The highest BCUT2D eigenvalue weighted by atomic mass is 35.5. The summed E-state index contributed by atoms with van der Waals surface area (Å²) in [7, 11) is 0. The first-order chi connectivity index (χ1) is 9.76. The molecule has 0 saturated carbocycles. The lowest BCUT2D eigenvalue weighted by atomic mass is 9.99. The number of carbonyl (C=O) groups is 1. The molecule has 4 heteroatoms. The van der Waals surface area contributed by atoms with Gasteiger partial charge < -0.3 is 5.32 Å². The maximum absolute atomic E-state index is 12.3. The smallest absolute Gasteiger partial charge is 0.265 e. The fourth-order valence-corrected chi connectivity index (χ4v) is 3.80. The highest BCUT2D eigenvalue weighted by Crippen LogP contribution is 2.30.